The van der Waals surface area contributed by atoms with E-state index in [1.165, 1.54) is 0 Å². The number of carbonyl (C=O) groups excluding carboxylic acids is 2. The number of carbonyl (C=O) groups is 2. The molecular weight excluding hydrogens is 390 g/mol. The molecule has 0 aromatic carbocycles. The second kappa shape index (κ2) is 9.20. The van der Waals surface area contributed by atoms with Crippen LogP contribution in [0.2, 0.25) is 0 Å². The van der Waals surface area contributed by atoms with E-state index >= 15 is 0 Å². The lowest BCUT2D eigenvalue weighted by molar-refractivity contribution is -0.0527. The van der Waals surface area contributed by atoms with Crippen molar-refractivity contribution in [3.8, 4) is 0 Å². The maximum Gasteiger partial charge on any atom is 0.407 e. The minimum atomic E-state index is -0.514. The van der Waals surface area contributed by atoms with Gasteiger partial charge in [0.1, 0.15) is 11.6 Å². The van der Waals surface area contributed by atoms with E-state index in [0.29, 0.717) is 37.7 Å². The topological polar surface area (TPSA) is 121 Å². The Labute approximate surface area is 176 Å². The van der Waals surface area contributed by atoms with Gasteiger partial charge in [0.25, 0.3) is 0 Å². The molecule has 1 saturated carbocycles. The zero-order valence-electron chi connectivity index (χ0n) is 18.3. The van der Waals surface area contributed by atoms with Gasteiger partial charge in [-0.2, -0.15) is 0 Å². The number of nitrogens with zero attached hydrogens (tertiary/aromatic N) is 4. The minimum absolute atomic E-state index is 0.0732. The van der Waals surface area contributed by atoms with Crippen molar-refractivity contribution in [2.45, 2.75) is 89.8 Å². The summed E-state index contributed by atoms with van der Waals surface area (Å²) in [6, 6.07) is -0.691. The van der Waals surface area contributed by atoms with Crippen molar-refractivity contribution in [2.24, 2.45) is 0 Å². The third-order valence-electron chi connectivity index (χ3n) is 5.57. The summed E-state index contributed by atoms with van der Waals surface area (Å²) in [5, 5.41) is 22.0. The van der Waals surface area contributed by atoms with Crippen LogP contribution in [0.25, 0.3) is 0 Å². The molecule has 1 atom stereocenters. The second-order valence-electron chi connectivity index (χ2n) is 9.02. The molecule has 2 fully saturated rings. The third-order valence-corrected chi connectivity index (χ3v) is 5.57. The Kier molecular flexibility index (Phi) is 6.84. The van der Waals surface area contributed by atoms with E-state index in [2.05, 4.69) is 15.5 Å². The molecule has 30 heavy (non-hydrogen) atoms. The molecule has 168 valence electrons. The van der Waals surface area contributed by atoms with Crippen LogP contribution in [0.4, 0.5) is 9.59 Å². The maximum atomic E-state index is 12.3. The van der Waals surface area contributed by atoms with E-state index in [9.17, 15) is 14.8 Å². The summed E-state index contributed by atoms with van der Waals surface area (Å²) < 4.78 is 11.3. The summed E-state index contributed by atoms with van der Waals surface area (Å²) >= 11 is 0. The number of aromatic nitrogens is 2. The summed E-state index contributed by atoms with van der Waals surface area (Å²) in [5.74, 6) is 1.13. The van der Waals surface area contributed by atoms with Gasteiger partial charge in [0.15, 0.2) is 0 Å². The Morgan fingerprint density at radius 1 is 1.20 bits per heavy atom. The Morgan fingerprint density at radius 2 is 1.87 bits per heavy atom. The minimum Gasteiger partial charge on any atom is -0.444 e. The Bertz CT molecular complexity index is 738. The van der Waals surface area contributed by atoms with Gasteiger partial charge >= 0.3 is 12.1 Å². The Balaban J connectivity index is 1.58. The molecule has 1 aromatic heterocycles. The normalized spacial score (nSPS) is 25.8. The lowest BCUT2D eigenvalue weighted by atomic mass is 9.86. The van der Waals surface area contributed by atoms with E-state index in [1.807, 2.05) is 27.7 Å². The average Bonchev–Trinajstić information content (AvgIpc) is 3.10. The molecule has 1 aliphatic heterocycles. The molecule has 3 amide bonds. The molecule has 10 nitrogen and oxygen atoms in total. The van der Waals surface area contributed by atoms with E-state index < -0.39 is 11.6 Å². The SMILES string of the molecule is CCN1C(=O)N(O)CCC[C@H]1c1nnc(C2CCC(NC(=O)OC(C)(C)C)CC2)o1. The molecule has 2 aliphatic rings. The summed E-state index contributed by atoms with van der Waals surface area (Å²) in [4.78, 5) is 25.9. The van der Waals surface area contributed by atoms with E-state index in [-0.39, 0.29) is 24.1 Å². The fourth-order valence-corrected chi connectivity index (χ4v) is 4.08. The molecule has 10 heteroatoms. The van der Waals surface area contributed by atoms with Crippen LogP contribution in [-0.2, 0) is 4.74 Å². The van der Waals surface area contributed by atoms with Crippen LogP contribution >= 0.6 is 0 Å². The predicted octanol–water partition coefficient (Wildman–Crippen LogP) is 3.59. The predicted molar refractivity (Wildman–Crippen MR) is 107 cm³/mol. The van der Waals surface area contributed by atoms with Crippen LogP contribution < -0.4 is 5.32 Å². The van der Waals surface area contributed by atoms with Crippen LogP contribution in [0.1, 0.15) is 90.0 Å². The second-order valence-corrected chi connectivity index (χ2v) is 9.02. The smallest absolute Gasteiger partial charge is 0.407 e. The van der Waals surface area contributed by atoms with Crippen molar-refractivity contribution in [1.29, 1.82) is 0 Å². The standard InChI is InChI=1S/C20H33N5O5/c1-5-24-15(7-6-12-25(28)19(24)27)17-23-22-16(29-17)13-8-10-14(11-9-13)21-18(26)30-20(2,3)4/h13-15,28H,5-12H2,1-4H3,(H,21,26)/t13?,14?,15-/m0/s1. The summed E-state index contributed by atoms with van der Waals surface area (Å²) in [5.41, 5.74) is -0.514. The van der Waals surface area contributed by atoms with Crippen LogP contribution in [0.15, 0.2) is 4.42 Å². The molecule has 0 bridgehead atoms. The molecule has 1 aromatic rings. The molecule has 0 radical (unpaired) electrons. The fourth-order valence-electron chi connectivity index (χ4n) is 4.08. The zero-order chi connectivity index (χ0) is 21.9. The van der Waals surface area contributed by atoms with Crippen molar-refractivity contribution in [3.63, 3.8) is 0 Å². The number of rotatable bonds is 4. The van der Waals surface area contributed by atoms with Gasteiger partial charge in [-0.05, 0) is 66.2 Å². The monoisotopic (exact) mass is 423 g/mol. The van der Waals surface area contributed by atoms with Gasteiger partial charge in [-0.1, -0.05) is 0 Å². The summed E-state index contributed by atoms with van der Waals surface area (Å²) in [6.45, 7) is 8.13. The summed E-state index contributed by atoms with van der Waals surface area (Å²) in [7, 11) is 0. The Hall–Kier alpha value is -2.36. The van der Waals surface area contributed by atoms with Gasteiger partial charge in [0, 0.05) is 18.5 Å². The summed E-state index contributed by atoms with van der Waals surface area (Å²) in [6.07, 6.45) is 4.20. The highest BCUT2D eigenvalue weighted by atomic mass is 16.6. The highest BCUT2D eigenvalue weighted by molar-refractivity contribution is 5.73. The number of alkyl carbamates (subject to hydrolysis) is 1. The molecule has 3 rings (SSSR count). The highest BCUT2D eigenvalue weighted by Gasteiger charge is 2.35. The zero-order valence-corrected chi connectivity index (χ0v) is 18.3. The molecule has 0 unspecified atom stereocenters. The first-order valence-electron chi connectivity index (χ1n) is 10.8. The first-order valence-corrected chi connectivity index (χ1v) is 10.8. The first-order chi connectivity index (χ1) is 14.2. The first kappa shape index (κ1) is 22.3. The van der Waals surface area contributed by atoms with Crippen LogP contribution in [-0.4, -0.2) is 62.2 Å². The van der Waals surface area contributed by atoms with Gasteiger partial charge in [-0.15, -0.1) is 10.2 Å². The fraction of sp³-hybridized carbons (Fsp3) is 0.800. The molecule has 1 aliphatic carbocycles. The highest BCUT2D eigenvalue weighted by Crippen LogP contribution is 2.35. The van der Waals surface area contributed by atoms with Gasteiger partial charge in [-0.3, -0.25) is 5.21 Å². The van der Waals surface area contributed by atoms with Crippen molar-refractivity contribution >= 4 is 12.1 Å². The molecule has 0 spiro atoms. The van der Waals surface area contributed by atoms with Crippen LogP contribution in [0.3, 0.4) is 0 Å². The third kappa shape index (κ3) is 5.41. The van der Waals surface area contributed by atoms with Crippen LogP contribution in [0, 0.1) is 0 Å². The van der Waals surface area contributed by atoms with Crippen molar-refractivity contribution in [3.05, 3.63) is 11.8 Å². The molecule has 1 saturated heterocycles. The van der Waals surface area contributed by atoms with Crippen LogP contribution in [0.5, 0.6) is 0 Å². The molecular formula is C20H33N5O5. The number of hydrogen-bond acceptors (Lipinski definition) is 7. The van der Waals surface area contributed by atoms with Crippen molar-refractivity contribution < 1.29 is 24.0 Å². The number of hydrogen-bond donors (Lipinski definition) is 2. The van der Waals surface area contributed by atoms with Gasteiger partial charge in [-0.25, -0.2) is 14.7 Å². The number of nitrogens with one attached hydrogen (secondary N) is 1. The number of ether oxygens (including phenoxy) is 1. The maximum absolute atomic E-state index is 12.3. The van der Waals surface area contributed by atoms with Gasteiger partial charge < -0.3 is 19.4 Å². The van der Waals surface area contributed by atoms with Crippen molar-refractivity contribution in [2.75, 3.05) is 13.1 Å². The van der Waals surface area contributed by atoms with Crippen molar-refractivity contribution in [1.82, 2.24) is 25.5 Å². The lowest BCUT2D eigenvalue weighted by Crippen LogP contribution is -2.41. The largest absolute Gasteiger partial charge is 0.444 e. The lowest BCUT2D eigenvalue weighted by Gasteiger charge is -2.29. The number of amides is 3. The number of urea groups is 1. The van der Waals surface area contributed by atoms with Gasteiger partial charge in [0.2, 0.25) is 11.8 Å². The van der Waals surface area contributed by atoms with E-state index in [0.717, 1.165) is 30.7 Å². The van der Waals surface area contributed by atoms with E-state index in [1.54, 1.807) is 4.90 Å². The molecule has 2 heterocycles. The quantitative estimate of drug-likeness (QED) is 0.710. The van der Waals surface area contributed by atoms with Gasteiger partial charge in [0.05, 0.1) is 6.54 Å². The molecule has 2 N–H and O–H groups in total. The Morgan fingerprint density at radius 3 is 2.50 bits per heavy atom. The number of hydroxylamine groups is 2. The average molecular weight is 424 g/mol. The van der Waals surface area contributed by atoms with E-state index in [4.69, 9.17) is 9.15 Å².